The van der Waals surface area contributed by atoms with Gasteiger partial charge in [-0.3, -0.25) is 9.59 Å². The van der Waals surface area contributed by atoms with Crippen molar-refractivity contribution in [2.75, 3.05) is 7.11 Å². The molecule has 2 bridgehead atoms. The average Bonchev–Trinajstić information content (AvgIpc) is 3.45. The van der Waals surface area contributed by atoms with Gasteiger partial charge in [0.05, 0.1) is 25.2 Å². The van der Waals surface area contributed by atoms with E-state index in [4.69, 9.17) is 21.1 Å². The van der Waals surface area contributed by atoms with Crippen LogP contribution in [-0.2, 0) is 16.2 Å². The van der Waals surface area contributed by atoms with Crippen molar-refractivity contribution in [3.05, 3.63) is 70.5 Å². The maximum atomic E-state index is 13.5. The standard InChI is InChI=1S/C24H20ClFN2O4/c1-31-19-10-17(25)9-16(22(19)32-12-13-3-2-4-18(26)7-13)11-27-28-23(29)20-14-5-6-15(8-14)21(20)24(28)30/h2-7,9-11,14-15,20-21H,8,12H2,1H3. The van der Waals surface area contributed by atoms with E-state index in [-0.39, 0.29) is 47.9 Å². The monoisotopic (exact) mass is 454 g/mol. The van der Waals surface area contributed by atoms with Crippen LogP contribution in [0.4, 0.5) is 4.39 Å². The number of fused-ring (bicyclic) bond motifs is 5. The van der Waals surface area contributed by atoms with Gasteiger partial charge in [-0.25, -0.2) is 4.39 Å². The Kier molecular flexibility index (Phi) is 5.21. The lowest BCUT2D eigenvalue weighted by atomic mass is 9.85. The van der Waals surface area contributed by atoms with Crippen molar-refractivity contribution in [2.45, 2.75) is 13.0 Å². The molecule has 2 aliphatic carbocycles. The summed E-state index contributed by atoms with van der Waals surface area (Å²) in [7, 11) is 1.47. The smallest absolute Gasteiger partial charge is 0.254 e. The number of amides is 2. The lowest BCUT2D eigenvalue weighted by Gasteiger charge is -2.15. The molecular formula is C24H20ClFN2O4. The van der Waals surface area contributed by atoms with Gasteiger partial charge in [0, 0.05) is 16.7 Å². The Labute approximate surface area is 189 Å². The third-order valence-corrected chi connectivity index (χ3v) is 6.52. The summed E-state index contributed by atoms with van der Waals surface area (Å²) in [5.41, 5.74) is 1.06. The molecular weight excluding hydrogens is 435 g/mol. The summed E-state index contributed by atoms with van der Waals surface area (Å²) in [4.78, 5) is 25.7. The zero-order valence-electron chi connectivity index (χ0n) is 17.2. The van der Waals surface area contributed by atoms with Crippen LogP contribution < -0.4 is 9.47 Å². The summed E-state index contributed by atoms with van der Waals surface area (Å²) >= 11 is 6.21. The quantitative estimate of drug-likeness (QED) is 0.372. The molecule has 0 N–H and O–H groups in total. The van der Waals surface area contributed by atoms with Crippen LogP contribution in [0.3, 0.4) is 0 Å². The molecule has 0 spiro atoms. The first kappa shape index (κ1) is 20.7. The van der Waals surface area contributed by atoms with Gasteiger partial charge >= 0.3 is 0 Å². The fourth-order valence-electron chi connectivity index (χ4n) is 4.89. The predicted molar refractivity (Wildman–Crippen MR) is 116 cm³/mol. The van der Waals surface area contributed by atoms with Gasteiger partial charge < -0.3 is 9.47 Å². The van der Waals surface area contributed by atoms with E-state index in [0.29, 0.717) is 27.6 Å². The number of ether oxygens (including phenoxy) is 2. The number of halogens is 2. The molecule has 1 saturated heterocycles. The van der Waals surface area contributed by atoms with E-state index in [2.05, 4.69) is 5.10 Å². The Morgan fingerprint density at radius 2 is 1.88 bits per heavy atom. The molecule has 8 heteroatoms. The highest BCUT2D eigenvalue weighted by Gasteiger charge is 2.59. The van der Waals surface area contributed by atoms with E-state index in [1.165, 1.54) is 25.5 Å². The molecule has 0 aromatic heterocycles. The molecule has 0 radical (unpaired) electrons. The Balaban J connectivity index is 1.42. The summed E-state index contributed by atoms with van der Waals surface area (Å²) in [6, 6.07) is 9.25. The molecule has 2 fully saturated rings. The van der Waals surface area contributed by atoms with Crippen molar-refractivity contribution in [3.8, 4) is 11.5 Å². The van der Waals surface area contributed by atoms with Gasteiger partial charge in [0.1, 0.15) is 12.4 Å². The number of allylic oxidation sites excluding steroid dienone is 2. The molecule has 1 aliphatic heterocycles. The van der Waals surface area contributed by atoms with Crippen LogP contribution in [0.2, 0.25) is 5.02 Å². The van der Waals surface area contributed by atoms with Crippen LogP contribution in [0, 0.1) is 29.5 Å². The van der Waals surface area contributed by atoms with E-state index in [0.717, 1.165) is 11.4 Å². The fourth-order valence-corrected chi connectivity index (χ4v) is 5.11. The van der Waals surface area contributed by atoms with Crippen LogP contribution >= 0.6 is 11.6 Å². The van der Waals surface area contributed by atoms with Crippen molar-refractivity contribution >= 4 is 29.6 Å². The molecule has 5 rings (SSSR count). The van der Waals surface area contributed by atoms with Crippen molar-refractivity contribution in [1.29, 1.82) is 0 Å². The highest BCUT2D eigenvalue weighted by molar-refractivity contribution is 6.31. The summed E-state index contributed by atoms with van der Waals surface area (Å²) in [5.74, 6) is -0.667. The Morgan fingerprint density at radius 1 is 1.16 bits per heavy atom. The molecule has 6 nitrogen and oxygen atoms in total. The number of imide groups is 1. The van der Waals surface area contributed by atoms with E-state index in [1.807, 2.05) is 12.2 Å². The summed E-state index contributed by atoms with van der Waals surface area (Å²) in [6.45, 7) is 0.0807. The number of carbonyl (C=O) groups is 2. The zero-order valence-corrected chi connectivity index (χ0v) is 18.0. The summed E-state index contributed by atoms with van der Waals surface area (Å²) < 4.78 is 24.8. The maximum absolute atomic E-state index is 13.5. The average molecular weight is 455 g/mol. The van der Waals surface area contributed by atoms with Gasteiger partial charge in [0.15, 0.2) is 11.5 Å². The summed E-state index contributed by atoms with van der Waals surface area (Å²) in [5, 5.41) is 5.55. The first-order valence-electron chi connectivity index (χ1n) is 10.3. The normalized spacial score (nSPS) is 25.8. The second-order valence-corrected chi connectivity index (χ2v) is 8.61. The van der Waals surface area contributed by atoms with Gasteiger partial charge in [-0.05, 0) is 42.0 Å². The van der Waals surface area contributed by atoms with Gasteiger partial charge in [0.25, 0.3) is 11.8 Å². The zero-order chi connectivity index (χ0) is 22.4. The van der Waals surface area contributed by atoms with Crippen LogP contribution in [0.5, 0.6) is 11.5 Å². The highest BCUT2D eigenvalue weighted by atomic mass is 35.5. The molecule has 2 aromatic carbocycles. The molecule has 2 amide bonds. The number of methoxy groups -OCH3 is 1. The number of hydrazone groups is 1. The largest absolute Gasteiger partial charge is 0.493 e. The van der Waals surface area contributed by atoms with Crippen LogP contribution in [0.15, 0.2) is 53.7 Å². The molecule has 3 aliphatic rings. The fraction of sp³-hybridized carbons (Fsp3) is 0.292. The second kappa shape index (κ2) is 8.06. The van der Waals surface area contributed by atoms with Crippen LogP contribution in [-0.4, -0.2) is 30.1 Å². The van der Waals surface area contributed by atoms with Crippen molar-refractivity contribution in [3.63, 3.8) is 0 Å². The topological polar surface area (TPSA) is 68.2 Å². The molecule has 32 heavy (non-hydrogen) atoms. The predicted octanol–water partition coefficient (Wildman–Crippen LogP) is 4.21. The maximum Gasteiger partial charge on any atom is 0.254 e. The summed E-state index contributed by atoms with van der Waals surface area (Å²) in [6.07, 6.45) is 6.30. The molecule has 2 aromatic rings. The molecule has 4 atom stereocenters. The Hall–Kier alpha value is -3.19. The lowest BCUT2D eigenvalue weighted by Crippen LogP contribution is -2.28. The Bertz CT molecular complexity index is 1130. The number of benzene rings is 2. The molecule has 1 heterocycles. The minimum atomic E-state index is -0.365. The van der Waals surface area contributed by atoms with Crippen molar-refractivity contribution in [2.24, 2.45) is 28.8 Å². The first-order valence-corrected chi connectivity index (χ1v) is 10.7. The van der Waals surface area contributed by atoms with Gasteiger partial charge in [0.2, 0.25) is 0 Å². The van der Waals surface area contributed by atoms with Crippen molar-refractivity contribution in [1.82, 2.24) is 5.01 Å². The molecule has 1 saturated carbocycles. The SMILES string of the molecule is COc1cc(Cl)cc(C=NN2C(=O)C3C4C=CC(C4)C3C2=O)c1OCc1cccc(F)c1. The minimum absolute atomic E-state index is 0.0807. The number of carbonyl (C=O) groups excluding carboxylic acids is 2. The number of nitrogens with zero attached hydrogens (tertiary/aromatic N) is 2. The number of rotatable bonds is 6. The van der Waals surface area contributed by atoms with E-state index < -0.39 is 0 Å². The van der Waals surface area contributed by atoms with E-state index in [9.17, 15) is 14.0 Å². The third kappa shape index (κ3) is 3.46. The van der Waals surface area contributed by atoms with Gasteiger partial charge in [-0.15, -0.1) is 0 Å². The molecule has 4 unspecified atom stereocenters. The molecule has 164 valence electrons. The Morgan fingerprint density at radius 3 is 2.53 bits per heavy atom. The van der Waals surface area contributed by atoms with E-state index in [1.54, 1.807) is 24.3 Å². The lowest BCUT2D eigenvalue weighted by molar-refractivity contribution is -0.140. The number of hydrogen-bond acceptors (Lipinski definition) is 5. The first-order chi connectivity index (χ1) is 15.5. The van der Waals surface area contributed by atoms with E-state index >= 15 is 0 Å². The van der Waals surface area contributed by atoms with Crippen LogP contribution in [0.1, 0.15) is 17.5 Å². The van der Waals surface area contributed by atoms with Crippen LogP contribution in [0.25, 0.3) is 0 Å². The highest BCUT2D eigenvalue weighted by Crippen LogP contribution is 2.52. The third-order valence-electron chi connectivity index (χ3n) is 6.30. The second-order valence-electron chi connectivity index (χ2n) is 8.18. The minimum Gasteiger partial charge on any atom is -0.493 e. The van der Waals surface area contributed by atoms with Gasteiger partial charge in [-0.1, -0.05) is 35.9 Å². The van der Waals surface area contributed by atoms with Gasteiger partial charge in [-0.2, -0.15) is 10.1 Å². The number of hydrogen-bond donors (Lipinski definition) is 0. The van der Waals surface area contributed by atoms with Crippen molar-refractivity contribution < 1.29 is 23.5 Å².